The number of hydrogen-bond acceptors (Lipinski definition) is 8. The summed E-state index contributed by atoms with van der Waals surface area (Å²) in [5.41, 5.74) is 4.59. The zero-order valence-electron chi connectivity index (χ0n) is 18.7. The van der Waals surface area contributed by atoms with Crippen molar-refractivity contribution in [3.63, 3.8) is 0 Å². The molecule has 33 heavy (non-hydrogen) atoms. The molecule has 0 aliphatic carbocycles. The molecule has 1 aliphatic heterocycles. The molecule has 0 fully saturated rings. The van der Waals surface area contributed by atoms with E-state index >= 15 is 0 Å². The summed E-state index contributed by atoms with van der Waals surface area (Å²) in [6.45, 7) is 9.56. The first-order valence-electron chi connectivity index (χ1n) is 10.3. The van der Waals surface area contributed by atoms with Crippen LogP contribution in [0.1, 0.15) is 48.0 Å². The van der Waals surface area contributed by atoms with Gasteiger partial charge in [0.1, 0.15) is 6.04 Å². The van der Waals surface area contributed by atoms with Gasteiger partial charge in [-0.2, -0.15) is 0 Å². The fourth-order valence-corrected chi connectivity index (χ4v) is 7.34. The SMILES string of the molecule is Cc1cc(C)c2nc(N3C(=O)C(O)=C(C(=O)c4sc(C)nc4C)C3c3sccc3C)sc2c1. The maximum Gasteiger partial charge on any atom is 0.296 e. The number of aliphatic hydroxyl groups excluding tert-OH is 1. The third-order valence-corrected chi connectivity index (χ3v) is 8.88. The van der Waals surface area contributed by atoms with Crippen LogP contribution < -0.4 is 4.90 Å². The molecule has 0 bridgehead atoms. The van der Waals surface area contributed by atoms with Crippen molar-refractivity contribution in [2.45, 2.75) is 40.7 Å². The average molecular weight is 496 g/mol. The van der Waals surface area contributed by atoms with Gasteiger partial charge in [0.2, 0.25) is 5.78 Å². The monoisotopic (exact) mass is 495 g/mol. The summed E-state index contributed by atoms with van der Waals surface area (Å²) in [6, 6.07) is 5.30. The second-order valence-corrected chi connectivity index (χ2v) is 11.4. The molecule has 4 aromatic rings. The van der Waals surface area contributed by atoms with Crippen LogP contribution in [0, 0.1) is 34.6 Å². The highest BCUT2D eigenvalue weighted by molar-refractivity contribution is 7.22. The molecule has 0 saturated carbocycles. The number of amides is 1. The van der Waals surface area contributed by atoms with E-state index in [1.165, 1.54) is 38.9 Å². The van der Waals surface area contributed by atoms with Gasteiger partial charge < -0.3 is 5.11 Å². The second-order valence-electron chi connectivity index (χ2n) is 8.21. The molecule has 9 heteroatoms. The van der Waals surface area contributed by atoms with Crippen LogP contribution in [0.2, 0.25) is 0 Å². The lowest BCUT2D eigenvalue weighted by molar-refractivity contribution is -0.117. The number of fused-ring (bicyclic) bond motifs is 1. The van der Waals surface area contributed by atoms with Crippen LogP contribution >= 0.6 is 34.0 Å². The number of carbonyl (C=O) groups excluding carboxylic acids is 2. The van der Waals surface area contributed by atoms with Crippen LogP contribution in [-0.2, 0) is 4.79 Å². The van der Waals surface area contributed by atoms with Gasteiger partial charge in [0, 0.05) is 4.88 Å². The van der Waals surface area contributed by atoms with Gasteiger partial charge in [-0.25, -0.2) is 9.97 Å². The fraction of sp³-hybridized carbons (Fsp3) is 0.250. The molecule has 1 N–H and O–H groups in total. The normalized spacial score (nSPS) is 16.5. The van der Waals surface area contributed by atoms with E-state index in [9.17, 15) is 14.7 Å². The van der Waals surface area contributed by atoms with Gasteiger partial charge in [-0.1, -0.05) is 17.4 Å². The fourth-order valence-electron chi connectivity index (χ4n) is 4.27. The van der Waals surface area contributed by atoms with E-state index in [1.54, 1.807) is 6.92 Å². The molecule has 5 rings (SSSR count). The first-order chi connectivity index (χ1) is 15.7. The summed E-state index contributed by atoms with van der Waals surface area (Å²) in [5.74, 6) is -1.49. The molecular weight excluding hydrogens is 474 g/mol. The lowest BCUT2D eigenvalue weighted by atomic mass is 9.99. The number of anilines is 1. The molecule has 1 amide bonds. The number of hydrogen-bond donors (Lipinski definition) is 1. The number of aryl methyl sites for hydroxylation is 5. The van der Waals surface area contributed by atoms with E-state index in [1.807, 2.05) is 45.2 Å². The number of benzene rings is 1. The van der Waals surface area contributed by atoms with Crippen LogP contribution in [-0.4, -0.2) is 26.8 Å². The highest BCUT2D eigenvalue weighted by atomic mass is 32.1. The Kier molecular flexibility index (Phi) is 5.23. The van der Waals surface area contributed by atoms with Gasteiger partial charge in [0.15, 0.2) is 10.9 Å². The van der Waals surface area contributed by atoms with Crippen molar-refractivity contribution in [2.75, 3.05) is 4.90 Å². The Morgan fingerprint density at radius 3 is 2.45 bits per heavy atom. The van der Waals surface area contributed by atoms with E-state index in [0.717, 1.165) is 36.8 Å². The Bertz CT molecular complexity index is 1490. The summed E-state index contributed by atoms with van der Waals surface area (Å²) >= 11 is 4.13. The number of nitrogens with zero attached hydrogens (tertiary/aromatic N) is 3. The first kappa shape index (κ1) is 21.9. The first-order valence-corrected chi connectivity index (χ1v) is 12.9. The molecule has 1 aromatic carbocycles. The Labute approximate surface area is 202 Å². The topological polar surface area (TPSA) is 83.4 Å². The van der Waals surface area contributed by atoms with Crippen molar-refractivity contribution >= 4 is 61.0 Å². The predicted molar refractivity (Wildman–Crippen MR) is 134 cm³/mol. The molecule has 1 atom stereocenters. The second kappa shape index (κ2) is 7.86. The molecule has 1 aliphatic rings. The minimum Gasteiger partial charge on any atom is -0.503 e. The number of Topliss-reactive ketones (excluding diaryl/α,β-unsaturated/α-hetero) is 1. The van der Waals surface area contributed by atoms with Gasteiger partial charge in [-0.05, 0) is 68.8 Å². The number of ketones is 1. The van der Waals surface area contributed by atoms with Crippen LogP contribution in [0.15, 0.2) is 34.9 Å². The van der Waals surface area contributed by atoms with Crippen molar-refractivity contribution in [3.05, 3.63) is 72.1 Å². The number of thiophene rings is 1. The maximum absolute atomic E-state index is 13.7. The Morgan fingerprint density at radius 2 is 1.82 bits per heavy atom. The number of thiazole rings is 2. The number of carbonyl (C=O) groups is 2. The summed E-state index contributed by atoms with van der Waals surface area (Å²) in [4.78, 5) is 39.0. The third-order valence-electron chi connectivity index (χ3n) is 5.74. The van der Waals surface area contributed by atoms with Gasteiger partial charge in [-0.15, -0.1) is 22.7 Å². The van der Waals surface area contributed by atoms with E-state index in [4.69, 9.17) is 4.98 Å². The summed E-state index contributed by atoms with van der Waals surface area (Å²) in [5, 5.41) is 14.1. The zero-order valence-corrected chi connectivity index (χ0v) is 21.2. The van der Waals surface area contributed by atoms with Crippen LogP contribution in [0.4, 0.5) is 5.13 Å². The summed E-state index contributed by atoms with van der Waals surface area (Å²) in [7, 11) is 0. The predicted octanol–water partition coefficient (Wildman–Crippen LogP) is 6.14. The Balaban J connectivity index is 1.71. The Morgan fingerprint density at radius 1 is 1.06 bits per heavy atom. The van der Waals surface area contributed by atoms with Crippen molar-refractivity contribution in [2.24, 2.45) is 0 Å². The van der Waals surface area contributed by atoms with E-state index in [-0.39, 0.29) is 11.4 Å². The van der Waals surface area contributed by atoms with Gasteiger partial charge >= 0.3 is 0 Å². The quantitative estimate of drug-likeness (QED) is 0.344. The van der Waals surface area contributed by atoms with E-state index in [0.29, 0.717) is 15.7 Å². The van der Waals surface area contributed by atoms with Crippen LogP contribution in [0.5, 0.6) is 0 Å². The number of aliphatic hydroxyl groups is 1. The van der Waals surface area contributed by atoms with Gasteiger partial charge in [0.25, 0.3) is 5.91 Å². The van der Waals surface area contributed by atoms with Crippen LogP contribution in [0.25, 0.3) is 10.2 Å². The van der Waals surface area contributed by atoms with Crippen molar-refractivity contribution in [1.29, 1.82) is 0 Å². The minimum atomic E-state index is -0.742. The summed E-state index contributed by atoms with van der Waals surface area (Å²) in [6.07, 6.45) is 0. The highest BCUT2D eigenvalue weighted by Gasteiger charge is 2.47. The van der Waals surface area contributed by atoms with E-state index in [2.05, 4.69) is 11.1 Å². The largest absolute Gasteiger partial charge is 0.503 e. The molecule has 4 heterocycles. The van der Waals surface area contributed by atoms with Crippen molar-refractivity contribution in [3.8, 4) is 0 Å². The molecule has 3 aromatic heterocycles. The lowest BCUT2D eigenvalue weighted by Gasteiger charge is -2.23. The Hall–Kier alpha value is -2.88. The molecule has 0 spiro atoms. The minimum absolute atomic E-state index is 0.0875. The molecule has 168 valence electrons. The smallest absolute Gasteiger partial charge is 0.296 e. The molecule has 0 radical (unpaired) electrons. The van der Waals surface area contributed by atoms with Crippen LogP contribution in [0.3, 0.4) is 0 Å². The summed E-state index contributed by atoms with van der Waals surface area (Å²) < 4.78 is 0.963. The average Bonchev–Trinajstić information content (AvgIpc) is 3.48. The number of aromatic nitrogens is 2. The third kappa shape index (κ3) is 3.42. The van der Waals surface area contributed by atoms with Crippen molar-refractivity contribution in [1.82, 2.24) is 9.97 Å². The molecule has 1 unspecified atom stereocenters. The highest BCUT2D eigenvalue weighted by Crippen LogP contribution is 2.47. The maximum atomic E-state index is 13.7. The number of rotatable bonds is 4. The standard InChI is InChI=1S/C24H21N3O3S3/c1-10-8-12(3)17-15(9-10)33-24(26-17)27-18(21-11(2)6-7-31-21)16(20(29)23(27)30)19(28)22-13(4)25-14(5)32-22/h6-9,18,29H,1-5H3. The molecule has 0 saturated heterocycles. The van der Waals surface area contributed by atoms with Crippen molar-refractivity contribution < 1.29 is 14.7 Å². The van der Waals surface area contributed by atoms with Gasteiger partial charge in [0.05, 0.1) is 31.4 Å². The molecular formula is C24H21N3O3S3. The zero-order chi connectivity index (χ0) is 23.6. The molecule has 6 nitrogen and oxygen atoms in total. The lowest BCUT2D eigenvalue weighted by Crippen LogP contribution is -2.30. The van der Waals surface area contributed by atoms with Gasteiger partial charge in [-0.3, -0.25) is 14.5 Å². The van der Waals surface area contributed by atoms with E-state index < -0.39 is 17.7 Å².